The van der Waals surface area contributed by atoms with Crippen molar-refractivity contribution in [3.05, 3.63) is 29.6 Å². The number of halogens is 1. The van der Waals surface area contributed by atoms with Crippen molar-refractivity contribution < 1.29 is 22.7 Å². The zero-order chi connectivity index (χ0) is 14.6. The molecule has 19 heavy (non-hydrogen) atoms. The quantitative estimate of drug-likeness (QED) is 0.871. The third kappa shape index (κ3) is 4.47. The van der Waals surface area contributed by atoms with Crippen LogP contribution in [0.5, 0.6) is 5.75 Å². The molecule has 0 bridgehead atoms. The summed E-state index contributed by atoms with van der Waals surface area (Å²) in [7, 11) is -3.17. The SMILES string of the molecule is CC(O)c1cc(F)ccc1OCCS(=O)(=O)C(C)C. The first kappa shape index (κ1) is 15.9. The van der Waals surface area contributed by atoms with E-state index in [1.54, 1.807) is 13.8 Å². The Balaban J connectivity index is 2.74. The zero-order valence-corrected chi connectivity index (χ0v) is 12.1. The molecule has 1 aromatic carbocycles. The van der Waals surface area contributed by atoms with Crippen molar-refractivity contribution in [3.8, 4) is 5.75 Å². The van der Waals surface area contributed by atoms with Gasteiger partial charge >= 0.3 is 0 Å². The average molecular weight is 290 g/mol. The van der Waals surface area contributed by atoms with Crippen LogP contribution in [0.3, 0.4) is 0 Å². The largest absolute Gasteiger partial charge is 0.492 e. The van der Waals surface area contributed by atoms with E-state index >= 15 is 0 Å². The van der Waals surface area contributed by atoms with E-state index in [0.29, 0.717) is 11.3 Å². The smallest absolute Gasteiger partial charge is 0.155 e. The molecule has 4 nitrogen and oxygen atoms in total. The first-order chi connectivity index (χ1) is 8.74. The molecule has 0 radical (unpaired) electrons. The highest BCUT2D eigenvalue weighted by molar-refractivity contribution is 7.91. The van der Waals surface area contributed by atoms with E-state index in [4.69, 9.17) is 4.74 Å². The van der Waals surface area contributed by atoms with Crippen LogP contribution < -0.4 is 4.74 Å². The highest BCUT2D eigenvalue weighted by Crippen LogP contribution is 2.26. The molecule has 0 aliphatic carbocycles. The summed E-state index contributed by atoms with van der Waals surface area (Å²) in [6.07, 6.45) is -0.882. The summed E-state index contributed by atoms with van der Waals surface area (Å²) in [6, 6.07) is 3.77. The van der Waals surface area contributed by atoms with Gasteiger partial charge in [-0.15, -0.1) is 0 Å². The van der Waals surface area contributed by atoms with Crippen molar-refractivity contribution in [1.82, 2.24) is 0 Å². The number of aliphatic hydroxyl groups is 1. The molecule has 0 aromatic heterocycles. The minimum absolute atomic E-state index is 0.0220. The van der Waals surface area contributed by atoms with Gasteiger partial charge in [0.25, 0.3) is 0 Å². The van der Waals surface area contributed by atoms with Gasteiger partial charge in [-0.25, -0.2) is 12.8 Å². The van der Waals surface area contributed by atoms with Gasteiger partial charge in [0.1, 0.15) is 18.2 Å². The maximum absolute atomic E-state index is 13.1. The van der Waals surface area contributed by atoms with Crippen molar-refractivity contribution in [2.24, 2.45) is 0 Å². The first-order valence-electron chi connectivity index (χ1n) is 6.06. The van der Waals surface area contributed by atoms with E-state index in [1.165, 1.54) is 25.1 Å². The lowest BCUT2D eigenvalue weighted by molar-refractivity contribution is 0.191. The normalized spacial score (nSPS) is 13.6. The second kappa shape index (κ2) is 6.34. The van der Waals surface area contributed by atoms with Crippen LogP contribution in [0.1, 0.15) is 32.4 Å². The molecule has 0 aliphatic rings. The van der Waals surface area contributed by atoms with Crippen LogP contribution in [0.15, 0.2) is 18.2 Å². The molecule has 0 heterocycles. The average Bonchev–Trinajstić information content (AvgIpc) is 2.30. The van der Waals surface area contributed by atoms with Gasteiger partial charge in [0, 0.05) is 5.56 Å². The second-order valence-electron chi connectivity index (χ2n) is 4.62. The summed E-state index contributed by atoms with van der Waals surface area (Å²) in [6.45, 7) is 4.68. The van der Waals surface area contributed by atoms with Crippen LogP contribution in [0, 0.1) is 5.82 Å². The summed E-state index contributed by atoms with van der Waals surface area (Å²) >= 11 is 0. The summed E-state index contributed by atoms with van der Waals surface area (Å²) in [5, 5.41) is 9.05. The fourth-order valence-electron chi connectivity index (χ4n) is 1.48. The van der Waals surface area contributed by atoms with Gasteiger partial charge in [0.05, 0.1) is 17.1 Å². The van der Waals surface area contributed by atoms with Crippen molar-refractivity contribution >= 4 is 9.84 Å². The maximum Gasteiger partial charge on any atom is 0.155 e. The lowest BCUT2D eigenvalue weighted by atomic mass is 10.1. The molecule has 6 heteroatoms. The van der Waals surface area contributed by atoms with Crippen molar-refractivity contribution in [2.45, 2.75) is 32.1 Å². The molecular weight excluding hydrogens is 271 g/mol. The van der Waals surface area contributed by atoms with Crippen LogP contribution in [0.25, 0.3) is 0 Å². The molecule has 0 saturated heterocycles. The molecule has 0 spiro atoms. The molecule has 1 aromatic rings. The molecule has 108 valence electrons. The predicted octanol–water partition coefficient (Wildman–Crippen LogP) is 2.08. The molecule has 0 saturated carbocycles. The van der Waals surface area contributed by atoms with E-state index in [2.05, 4.69) is 0 Å². The molecule has 0 amide bonds. The summed E-state index contributed by atoms with van der Waals surface area (Å²) < 4.78 is 41.6. The van der Waals surface area contributed by atoms with Crippen molar-refractivity contribution in [3.63, 3.8) is 0 Å². The minimum Gasteiger partial charge on any atom is -0.492 e. The number of benzene rings is 1. The van der Waals surface area contributed by atoms with Crippen molar-refractivity contribution in [1.29, 1.82) is 0 Å². The van der Waals surface area contributed by atoms with E-state index in [9.17, 15) is 17.9 Å². The molecular formula is C13H19FO4S. The van der Waals surface area contributed by atoms with Gasteiger partial charge in [-0.05, 0) is 39.0 Å². The van der Waals surface area contributed by atoms with Crippen LogP contribution in [-0.2, 0) is 9.84 Å². The minimum atomic E-state index is -3.17. The lowest BCUT2D eigenvalue weighted by Crippen LogP contribution is -2.22. The molecule has 0 fully saturated rings. The Morgan fingerprint density at radius 2 is 1.95 bits per heavy atom. The fourth-order valence-corrected chi connectivity index (χ4v) is 2.27. The Morgan fingerprint density at radius 3 is 2.47 bits per heavy atom. The Hall–Kier alpha value is -1.14. The van der Waals surface area contributed by atoms with Gasteiger partial charge < -0.3 is 9.84 Å². The second-order valence-corrected chi connectivity index (χ2v) is 7.30. The summed E-state index contributed by atoms with van der Waals surface area (Å²) in [4.78, 5) is 0. The van der Waals surface area contributed by atoms with Gasteiger partial charge in [0.15, 0.2) is 9.84 Å². The monoisotopic (exact) mass is 290 g/mol. The number of ether oxygens (including phenoxy) is 1. The Kier molecular flexibility index (Phi) is 5.31. The molecule has 1 unspecified atom stereocenters. The van der Waals surface area contributed by atoms with E-state index < -0.39 is 27.0 Å². The van der Waals surface area contributed by atoms with E-state index in [1.807, 2.05) is 0 Å². The number of sulfone groups is 1. The van der Waals surface area contributed by atoms with Crippen molar-refractivity contribution in [2.75, 3.05) is 12.4 Å². The van der Waals surface area contributed by atoms with E-state index in [0.717, 1.165) is 0 Å². The Labute approximate surface area is 113 Å². The number of hydrogen-bond donors (Lipinski definition) is 1. The summed E-state index contributed by atoms with van der Waals surface area (Å²) in [5.74, 6) is -0.283. The highest BCUT2D eigenvalue weighted by atomic mass is 32.2. The van der Waals surface area contributed by atoms with E-state index in [-0.39, 0.29) is 12.4 Å². The topological polar surface area (TPSA) is 63.6 Å². The predicted molar refractivity (Wildman–Crippen MR) is 71.5 cm³/mol. The first-order valence-corrected chi connectivity index (χ1v) is 7.77. The van der Waals surface area contributed by atoms with Crippen LogP contribution in [-0.4, -0.2) is 31.1 Å². The number of rotatable bonds is 6. The summed E-state index contributed by atoms with van der Waals surface area (Å²) in [5.41, 5.74) is 0.307. The maximum atomic E-state index is 13.1. The van der Waals surface area contributed by atoms with Crippen LogP contribution >= 0.6 is 0 Å². The van der Waals surface area contributed by atoms with Crippen LogP contribution in [0.4, 0.5) is 4.39 Å². The van der Waals surface area contributed by atoms with Crippen LogP contribution in [0.2, 0.25) is 0 Å². The third-order valence-electron chi connectivity index (χ3n) is 2.77. The molecule has 0 aliphatic heterocycles. The standard InChI is InChI=1S/C13H19FO4S/c1-9(2)19(16,17)7-6-18-13-5-4-11(14)8-12(13)10(3)15/h4-5,8-10,15H,6-7H2,1-3H3. The lowest BCUT2D eigenvalue weighted by Gasteiger charge is -2.14. The fraction of sp³-hybridized carbons (Fsp3) is 0.538. The zero-order valence-electron chi connectivity index (χ0n) is 11.3. The molecule has 1 N–H and O–H groups in total. The Morgan fingerprint density at radius 1 is 1.32 bits per heavy atom. The highest BCUT2D eigenvalue weighted by Gasteiger charge is 2.17. The van der Waals surface area contributed by atoms with Gasteiger partial charge in [-0.2, -0.15) is 0 Å². The third-order valence-corrected chi connectivity index (χ3v) is 4.94. The Bertz CT molecular complexity index is 523. The van der Waals surface area contributed by atoms with Gasteiger partial charge in [-0.3, -0.25) is 0 Å². The van der Waals surface area contributed by atoms with Gasteiger partial charge in [-0.1, -0.05) is 0 Å². The number of hydrogen-bond acceptors (Lipinski definition) is 4. The van der Waals surface area contributed by atoms with Gasteiger partial charge in [0.2, 0.25) is 0 Å². The molecule has 1 atom stereocenters. The molecule has 1 rings (SSSR count). The number of aliphatic hydroxyl groups excluding tert-OH is 1.